The van der Waals surface area contributed by atoms with Crippen LogP contribution in [0.25, 0.3) is 0 Å². The van der Waals surface area contributed by atoms with Crippen molar-refractivity contribution < 1.29 is 22.5 Å². The van der Waals surface area contributed by atoms with E-state index in [0.717, 1.165) is 19.1 Å². The van der Waals surface area contributed by atoms with Gasteiger partial charge in [0.15, 0.2) is 0 Å². The van der Waals surface area contributed by atoms with Crippen molar-refractivity contribution in [2.45, 2.75) is 38.2 Å². The predicted molar refractivity (Wildman–Crippen MR) is 56.4 cm³/mol. The maximum atomic E-state index is 11.4. The summed E-state index contributed by atoms with van der Waals surface area (Å²) in [4.78, 5) is 11.4. The minimum Gasteiger partial charge on any atom is -0.481 e. The Kier molecular flexibility index (Phi) is 2.74. The van der Waals surface area contributed by atoms with Gasteiger partial charge in [-0.15, -0.1) is 0 Å². The van der Waals surface area contributed by atoms with Gasteiger partial charge in [-0.25, -0.2) is 0 Å². The van der Waals surface area contributed by atoms with Crippen molar-refractivity contribution in [2.24, 2.45) is 11.3 Å². The van der Waals surface area contributed by atoms with Crippen molar-refractivity contribution >= 4 is 16.1 Å². The van der Waals surface area contributed by atoms with Crippen LogP contribution in [0.4, 0.5) is 0 Å². The van der Waals surface area contributed by atoms with Gasteiger partial charge in [0.05, 0.1) is 17.8 Å². The summed E-state index contributed by atoms with van der Waals surface area (Å²) >= 11 is 0. The first-order valence-corrected chi connectivity index (χ1v) is 7.27. The fraction of sp³-hybridized carbons (Fsp3) is 0.900. The van der Waals surface area contributed by atoms with E-state index in [1.807, 2.05) is 0 Å². The van der Waals surface area contributed by atoms with Crippen molar-refractivity contribution in [1.82, 2.24) is 0 Å². The Labute approximate surface area is 94.9 Å². The molecule has 2 saturated carbocycles. The third-order valence-corrected chi connectivity index (χ3v) is 4.40. The summed E-state index contributed by atoms with van der Waals surface area (Å²) in [6.45, 7) is 0. The van der Waals surface area contributed by atoms with Crippen molar-refractivity contribution in [1.29, 1.82) is 0 Å². The van der Waals surface area contributed by atoms with E-state index in [0.29, 0.717) is 25.2 Å². The van der Waals surface area contributed by atoms with E-state index in [2.05, 4.69) is 0 Å². The van der Waals surface area contributed by atoms with Crippen LogP contribution in [0.2, 0.25) is 0 Å². The molecule has 2 aliphatic rings. The molecule has 0 amide bonds. The van der Waals surface area contributed by atoms with Crippen LogP contribution < -0.4 is 0 Å². The maximum Gasteiger partial charge on any atom is 0.312 e. The summed E-state index contributed by atoms with van der Waals surface area (Å²) in [6, 6.07) is 0. The molecule has 5 nitrogen and oxygen atoms in total. The summed E-state index contributed by atoms with van der Waals surface area (Å²) < 4.78 is 27.2. The number of carbonyl (C=O) groups is 1. The summed E-state index contributed by atoms with van der Waals surface area (Å²) in [7, 11) is -3.58. The quantitative estimate of drug-likeness (QED) is 0.753. The van der Waals surface area contributed by atoms with E-state index in [1.165, 1.54) is 0 Å². The van der Waals surface area contributed by atoms with Crippen LogP contribution in [0.1, 0.15) is 32.1 Å². The second kappa shape index (κ2) is 3.70. The van der Waals surface area contributed by atoms with Crippen LogP contribution >= 0.6 is 0 Å². The molecule has 0 aliphatic heterocycles. The van der Waals surface area contributed by atoms with E-state index in [9.17, 15) is 18.3 Å². The highest BCUT2D eigenvalue weighted by Gasteiger charge is 2.55. The van der Waals surface area contributed by atoms with Crippen molar-refractivity contribution in [2.75, 3.05) is 6.26 Å². The molecule has 2 rings (SSSR count). The Bertz CT molecular complexity index is 401. The van der Waals surface area contributed by atoms with Crippen LogP contribution in [0.3, 0.4) is 0 Å². The van der Waals surface area contributed by atoms with Gasteiger partial charge in [0, 0.05) is 0 Å². The fourth-order valence-electron chi connectivity index (χ4n) is 3.07. The number of carboxylic acids is 1. The van der Waals surface area contributed by atoms with Gasteiger partial charge in [-0.2, -0.15) is 8.42 Å². The Hall–Kier alpha value is -0.620. The number of rotatable bonds is 3. The molecule has 2 bridgehead atoms. The first-order valence-electron chi connectivity index (χ1n) is 5.45. The molecule has 0 aromatic rings. The lowest BCUT2D eigenvalue weighted by atomic mass is 9.73. The Morgan fingerprint density at radius 1 is 1.38 bits per heavy atom. The molecule has 0 heterocycles. The third-order valence-electron chi connectivity index (χ3n) is 3.82. The maximum absolute atomic E-state index is 11.4. The van der Waals surface area contributed by atoms with Crippen LogP contribution in [0, 0.1) is 11.3 Å². The van der Waals surface area contributed by atoms with Crippen molar-refractivity contribution in [3.05, 3.63) is 0 Å². The second-order valence-electron chi connectivity index (χ2n) is 4.94. The van der Waals surface area contributed by atoms with Crippen LogP contribution in [0.15, 0.2) is 0 Å². The van der Waals surface area contributed by atoms with Crippen molar-refractivity contribution in [3.8, 4) is 0 Å². The third kappa shape index (κ3) is 1.96. The van der Waals surface area contributed by atoms with E-state index in [1.54, 1.807) is 0 Å². The first kappa shape index (κ1) is 11.9. The van der Waals surface area contributed by atoms with Gasteiger partial charge in [0.2, 0.25) is 0 Å². The average Bonchev–Trinajstić information content (AvgIpc) is 2.49. The number of fused-ring (bicyclic) bond motifs is 2. The molecule has 16 heavy (non-hydrogen) atoms. The molecule has 6 heteroatoms. The molecule has 0 aromatic heterocycles. The molecule has 2 fully saturated rings. The summed E-state index contributed by atoms with van der Waals surface area (Å²) in [5, 5.41) is 9.31. The number of aliphatic carboxylic acids is 1. The number of hydrogen-bond donors (Lipinski definition) is 1. The molecule has 0 spiro atoms. The highest BCUT2D eigenvalue weighted by atomic mass is 32.2. The predicted octanol–water partition coefficient (Wildman–Crippen LogP) is 0.996. The molecule has 0 aromatic carbocycles. The molecular weight excluding hydrogens is 232 g/mol. The topological polar surface area (TPSA) is 80.7 Å². The molecule has 3 atom stereocenters. The standard InChI is InChI=1S/C10H16O5S/c1-16(13,14)15-8-3-2-7-4-5-10(8,6-7)9(11)12/h7-8H,2-6H2,1H3,(H,11,12)/t7-,8+,10+/m1/s1. The van der Waals surface area contributed by atoms with Crippen molar-refractivity contribution in [3.63, 3.8) is 0 Å². The minimum atomic E-state index is -3.58. The molecule has 0 unspecified atom stereocenters. The zero-order chi connectivity index (χ0) is 12.0. The minimum absolute atomic E-state index is 0.426. The van der Waals surface area contributed by atoms with Gasteiger partial charge in [-0.1, -0.05) is 0 Å². The second-order valence-corrected chi connectivity index (χ2v) is 6.54. The fourth-order valence-corrected chi connectivity index (χ4v) is 3.77. The summed E-state index contributed by atoms with van der Waals surface area (Å²) in [6.07, 6.45) is 3.66. The lowest BCUT2D eigenvalue weighted by Crippen LogP contribution is -2.45. The highest BCUT2D eigenvalue weighted by molar-refractivity contribution is 7.86. The lowest BCUT2D eigenvalue weighted by molar-refractivity contribution is -0.156. The van der Waals surface area contributed by atoms with E-state index < -0.39 is 27.6 Å². The Morgan fingerprint density at radius 3 is 2.62 bits per heavy atom. The smallest absolute Gasteiger partial charge is 0.312 e. The van der Waals surface area contributed by atoms with E-state index in [-0.39, 0.29) is 0 Å². The molecule has 1 N–H and O–H groups in total. The van der Waals surface area contributed by atoms with Crippen LogP contribution in [-0.2, 0) is 19.1 Å². The van der Waals surface area contributed by atoms with E-state index >= 15 is 0 Å². The lowest BCUT2D eigenvalue weighted by Gasteiger charge is -2.36. The Morgan fingerprint density at radius 2 is 2.06 bits per heavy atom. The van der Waals surface area contributed by atoms with Gasteiger partial charge < -0.3 is 5.11 Å². The first-order chi connectivity index (χ1) is 7.33. The van der Waals surface area contributed by atoms with Gasteiger partial charge in [-0.3, -0.25) is 8.98 Å². The summed E-state index contributed by atoms with van der Waals surface area (Å²) in [5.41, 5.74) is -0.966. The zero-order valence-electron chi connectivity index (χ0n) is 9.18. The summed E-state index contributed by atoms with van der Waals surface area (Å²) in [5.74, 6) is -0.487. The number of carboxylic acid groups (broad SMARTS) is 1. The molecule has 0 radical (unpaired) electrons. The Balaban J connectivity index is 2.26. The SMILES string of the molecule is CS(=O)(=O)O[C@H]1CC[C@@H]2CC[C@]1(C(=O)O)C2. The molecule has 92 valence electrons. The average molecular weight is 248 g/mol. The molecular formula is C10H16O5S. The molecule has 2 aliphatic carbocycles. The zero-order valence-corrected chi connectivity index (χ0v) is 10.00. The van der Waals surface area contributed by atoms with Gasteiger partial charge in [0.25, 0.3) is 10.1 Å². The largest absolute Gasteiger partial charge is 0.481 e. The van der Waals surface area contributed by atoms with E-state index in [4.69, 9.17) is 4.18 Å². The van der Waals surface area contributed by atoms with Crippen LogP contribution in [0.5, 0.6) is 0 Å². The van der Waals surface area contributed by atoms with Gasteiger partial charge >= 0.3 is 5.97 Å². The number of hydrogen-bond acceptors (Lipinski definition) is 4. The van der Waals surface area contributed by atoms with Gasteiger partial charge in [0.1, 0.15) is 0 Å². The monoisotopic (exact) mass is 248 g/mol. The molecule has 0 saturated heterocycles. The highest BCUT2D eigenvalue weighted by Crippen LogP contribution is 2.52. The normalized spacial score (nSPS) is 38.6. The van der Waals surface area contributed by atoms with Crippen LogP contribution in [-0.4, -0.2) is 31.9 Å². The van der Waals surface area contributed by atoms with Gasteiger partial charge in [-0.05, 0) is 38.0 Å².